The van der Waals surface area contributed by atoms with Crippen LogP contribution in [0.1, 0.15) is 24.1 Å². The van der Waals surface area contributed by atoms with Crippen LogP contribution < -0.4 is 0 Å². The molecule has 1 saturated heterocycles. The highest BCUT2D eigenvalue weighted by Crippen LogP contribution is 2.31. The molecule has 1 aromatic carbocycles. The molecular formula is C17H22N6O. The quantitative estimate of drug-likeness (QED) is 0.772. The Morgan fingerprint density at radius 2 is 2.21 bits per heavy atom. The Morgan fingerprint density at radius 1 is 1.33 bits per heavy atom. The maximum Gasteiger partial charge on any atom is 0.141 e. The third-order valence-corrected chi connectivity index (χ3v) is 4.95. The lowest BCUT2D eigenvalue weighted by Gasteiger charge is -2.21. The minimum Gasteiger partial charge on any atom is -0.380 e. The van der Waals surface area contributed by atoms with Crippen molar-refractivity contribution in [3.63, 3.8) is 0 Å². The monoisotopic (exact) mass is 326 g/mol. The van der Waals surface area contributed by atoms with Crippen LogP contribution in [0, 0.1) is 0 Å². The highest BCUT2D eigenvalue weighted by Gasteiger charge is 2.34. The summed E-state index contributed by atoms with van der Waals surface area (Å²) in [5.74, 6) is 2.02. The number of aryl methyl sites for hydroxylation is 1. The van der Waals surface area contributed by atoms with Gasteiger partial charge in [-0.05, 0) is 18.6 Å². The Bertz CT molecular complexity index is 812. The summed E-state index contributed by atoms with van der Waals surface area (Å²) in [6, 6.07) is 8.49. The molecule has 0 amide bonds. The highest BCUT2D eigenvalue weighted by atomic mass is 16.5. The Kier molecular flexibility index (Phi) is 4.03. The van der Waals surface area contributed by atoms with Gasteiger partial charge in [-0.2, -0.15) is 5.10 Å². The minimum absolute atomic E-state index is 0.229. The van der Waals surface area contributed by atoms with Crippen molar-refractivity contribution in [3.8, 4) is 0 Å². The van der Waals surface area contributed by atoms with E-state index in [1.54, 1.807) is 13.4 Å². The fourth-order valence-electron chi connectivity index (χ4n) is 3.60. The summed E-state index contributed by atoms with van der Waals surface area (Å²) in [7, 11) is 3.86. The summed E-state index contributed by atoms with van der Waals surface area (Å²) in [5, 5.41) is 7.00. The molecule has 0 spiro atoms. The molecule has 7 nitrogen and oxygen atoms in total. The van der Waals surface area contributed by atoms with Crippen molar-refractivity contribution in [2.45, 2.75) is 25.0 Å². The number of nitrogens with one attached hydrogen (secondary N) is 1. The fourth-order valence-corrected chi connectivity index (χ4v) is 3.60. The SMILES string of the molecule is CO[C@@H]1C[C@@H](c2ncn[nH]2)N(CCc2nc3ccccc3n2C)C1. The molecule has 0 unspecified atom stereocenters. The van der Waals surface area contributed by atoms with Crippen molar-refractivity contribution in [1.82, 2.24) is 29.6 Å². The van der Waals surface area contributed by atoms with Crippen LogP contribution in [0.4, 0.5) is 0 Å². The Morgan fingerprint density at radius 3 is 2.96 bits per heavy atom. The largest absolute Gasteiger partial charge is 0.380 e. The Labute approximate surface area is 140 Å². The molecule has 0 saturated carbocycles. The molecule has 4 rings (SSSR count). The second kappa shape index (κ2) is 6.33. The topological polar surface area (TPSA) is 71.9 Å². The summed E-state index contributed by atoms with van der Waals surface area (Å²) >= 11 is 0. The van der Waals surface area contributed by atoms with Crippen LogP contribution in [0.3, 0.4) is 0 Å². The Hall–Kier alpha value is -2.25. The summed E-state index contributed by atoms with van der Waals surface area (Å²) in [5.41, 5.74) is 2.23. The lowest BCUT2D eigenvalue weighted by molar-refractivity contribution is 0.108. The fraction of sp³-hybridized carbons (Fsp3) is 0.471. The molecular weight excluding hydrogens is 304 g/mol. The summed E-state index contributed by atoms with van der Waals surface area (Å²) < 4.78 is 7.75. The standard InChI is InChI=1S/C17H22N6O/c1-22-14-6-4-3-5-13(14)20-16(22)7-8-23-10-12(24-2)9-15(23)17-18-11-19-21-17/h3-6,11-12,15H,7-10H2,1-2H3,(H,18,19,21)/t12-,15+/m1/s1. The average Bonchev–Trinajstić information content (AvgIpc) is 3.32. The molecule has 1 fully saturated rings. The number of fused-ring (bicyclic) bond motifs is 1. The Balaban J connectivity index is 1.52. The number of nitrogens with zero attached hydrogens (tertiary/aromatic N) is 5. The van der Waals surface area contributed by atoms with E-state index in [1.807, 2.05) is 6.07 Å². The number of hydrogen-bond acceptors (Lipinski definition) is 5. The van der Waals surface area contributed by atoms with E-state index in [-0.39, 0.29) is 12.1 Å². The van der Waals surface area contributed by atoms with Gasteiger partial charge in [-0.1, -0.05) is 12.1 Å². The lowest BCUT2D eigenvalue weighted by Crippen LogP contribution is -2.28. The number of aromatic amines is 1. The first-order valence-corrected chi connectivity index (χ1v) is 8.28. The molecule has 2 atom stereocenters. The third kappa shape index (κ3) is 2.70. The number of H-pyrrole nitrogens is 1. The van der Waals surface area contributed by atoms with Crippen LogP contribution in [-0.4, -0.2) is 55.9 Å². The van der Waals surface area contributed by atoms with Gasteiger partial charge < -0.3 is 9.30 Å². The number of likely N-dealkylation sites (tertiary alicyclic amines) is 1. The molecule has 0 aliphatic carbocycles. The molecule has 0 bridgehead atoms. The molecule has 2 aromatic heterocycles. The minimum atomic E-state index is 0.229. The molecule has 1 aliphatic rings. The zero-order chi connectivity index (χ0) is 16.5. The van der Waals surface area contributed by atoms with Crippen molar-refractivity contribution in [3.05, 3.63) is 42.2 Å². The van der Waals surface area contributed by atoms with Crippen molar-refractivity contribution in [1.29, 1.82) is 0 Å². The van der Waals surface area contributed by atoms with Gasteiger partial charge in [0.25, 0.3) is 0 Å². The van der Waals surface area contributed by atoms with E-state index in [0.29, 0.717) is 0 Å². The molecule has 7 heteroatoms. The van der Waals surface area contributed by atoms with E-state index in [4.69, 9.17) is 9.72 Å². The summed E-state index contributed by atoms with van der Waals surface area (Å²) in [6.07, 6.45) is 3.64. The number of ether oxygens (including phenoxy) is 1. The molecule has 1 aliphatic heterocycles. The maximum absolute atomic E-state index is 5.57. The highest BCUT2D eigenvalue weighted by molar-refractivity contribution is 5.75. The number of rotatable bonds is 5. The van der Waals surface area contributed by atoms with Gasteiger partial charge in [0.15, 0.2) is 0 Å². The normalized spacial score (nSPS) is 21.8. The first-order valence-electron chi connectivity index (χ1n) is 8.28. The lowest BCUT2D eigenvalue weighted by atomic mass is 10.2. The summed E-state index contributed by atoms with van der Waals surface area (Å²) in [6.45, 7) is 1.83. The number of para-hydroxylation sites is 2. The zero-order valence-corrected chi connectivity index (χ0v) is 14.0. The first-order chi connectivity index (χ1) is 11.8. The van der Waals surface area contributed by atoms with Crippen LogP contribution >= 0.6 is 0 Å². The van der Waals surface area contributed by atoms with E-state index >= 15 is 0 Å². The molecule has 1 N–H and O–H groups in total. The van der Waals surface area contributed by atoms with E-state index in [9.17, 15) is 0 Å². The molecule has 3 aromatic rings. The van der Waals surface area contributed by atoms with E-state index in [2.05, 4.69) is 49.9 Å². The van der Waals surface area contributed by atoms with Gasteiger partial charge in [-0.15, -0.1) is 0 Å². The maximum atomic E-state index is 5.57. The van der Waals surface area contributed by atoms with E-state index in [0.717, 1.165) is 43.1 Å². The van der Waals surface area contributed by atoms with Crippen LogP contribution in [0.15, 0.2) is 30.6 Å². The van der Waals surface area contributed by atoms with Crippen LogP contribution in [0.5, 0.6) is 0 Å². The van der Waals surface area contributed by atoms with Gasteiger partial charge in [-0.25, -0.2) is 9.97 Å². The average molecular weight is 326 g/mol. The number of hydrogen-bond donors (Lipinski definition) is 1. The third-order valence-electron chi connectivity index (χ3n) is 4.95. The zero-order valence-electron chi connectivity index (χ0n) is 14.0. The molecule has 126 valence electrons. The predicted molar refractivity (Wildman–Crippen MR) is 90.5 cm³/mol. The van der Waals surface area contributed by atoms with Gasteiger partial charge >= 0.3 is 0 Å². The number of benzene rings is 1. The van der Waals surface area contributed by atoms with Gasteiger partial charge in [-0.3, -0.25) is 10.00 Å². The second-order valence-electron chi connectivity index (χ2n) is 6.30. The van der Waals surface area contributed by atoms with E-state index in [1.165, 1.54) is 5.52 Å². The number of methoxy groups -OCH3 is 1. The van der Waals surface area contributed by atoms with Crippen molar-refractivity contribution in [2.24, 2.45) is 7.05 Å². The smallest absolute Gasteiger partial charge is 0.141 e. The first kappa shape index (κ1) is 15.3. The van der Waals surface area contributed by atoms with Gasteiger partial charge in [0.1, 0.15) is 18.0 Å². The van der Waals surface area contributed by atoms with Crippen LogP contribution in [0.2, 0.25) is 0 Å². The number of imidazole rings is 1. The predicted octanol–water partition coefficient (Wildman–Crippen LogP) is 1.70. The second-order valence-corrected chi connectivity index (χ2v) is 6.30. The van der Waals surface area contributed by atoms with Gasteiger partial charge in [0.2, 0.25) is 0 Å². The van der Waals surface area contributed by atoms with Crippen LogP contribution in [0.25, 0.3) is 11.0 Å². The molecule has 0 radical (unpaired) electrons. The molecule has 24 heavy (non-hydrogen) atoms. The number of aromatic nitrogens is 5. The van der Waals surface area contributed by atoms with Crippen molar-refractivity contribution >= 4 is 11.0 Å². The van der Waals surface area contributed by atoms with Crippen molar-refractivity contribution in [2.75, 3.05) is 20.2 Å². The van der Waals surface area contributed by atoms with Gasteiger partial charge in [0, 0.05) is 33.7 Å². The van der Waals surface area contributed by atoms with Gasteiger partial charge in [0.05, 0.1) is 23.2 Å². The van der Waals surface area contributed by atoms with Crippen LogP contribution in [-0.2, 0) is 18.2 Å². The van der Waals surface area contributed by atoms with Crippen molar-refractivity contribution < 1.29 is 4.74 Å². The summed E-state index contributed by atoms with van der Waals surface area (Å²) in [4.78, 5) is 11.5. The van der Waals surface area contributed by atoms with E-state index < -0.39 is 0 Å². The molecule has 3 heterocycles.